The lowest BCUT2D eigenvalue weighted by Crippen LogP contribution is -1.88. The predicted molar refractivity (Wildman–Crippen MR) is 48.0 cm³/mol. The number of rotatable bonds is 3. The van der Waals surface area contributed by atoms with Crippen LogP contribution in [0.5, 0.6) is 0 Å². The third-order valence-corrected chi connectivity index (χ3v) is 0.790. The van der Waals surface area contributed by atoms with Crippen LogP contribution < -0.4 is 0 Å². The number of hydrogen-bond acceptors (Lipinski definition) is 2. The first kappa shape index (κ1) is 9.40. The van der Waals surface area contributed by atoms with Crippen LogP contribution in [0.1, 0.15) is 0 Å². The molecule has 0 bridgehead atoms. The van der Waals surface area contributed by atoms with E-state index >= 15 is 0 Å². The third-order valence-electron chi connectivity index (χ3n) is 0.630. The summed E-state index contributed by atoms with van der Waals surface area (Å²) in [6, 6.07) is 0. The summed E-state index contributed by atoms with van der Waals surface area (Å²) in [7, 11) is 0. The minimum Gasteiger partial charge on any atom is -0.436 e. The van der Waals surface area contributed by atoms with Gasteiger partial charge in [-0.05, 0) is 29.9 Å². The lowest BCUT2D eigenvalue weighted by molar-refractivity contribution is 0.459. The minimum absolute atomic E-state index is 0.0567. The second-order valence-corrected chi connectivity index (χ2v) is 2.34. The van der Waals surface area contributed by atoms with Gasteiger partial charge in [0, 0.05) is 0 Å². The van der Waals surface area contributed by atoms with Gasteiger partial charge in [-0.15, -0.1) is 0 Å². The van der Waals surface area contributed by atoms with Crippen LogP contribution in [0.4, 0.5) is 0 Å². The zero-order valence-corrected chi connectivity index (χ0v) is 6.91. The molecule has 0 aromatic heterocycles. The molecule has 0 aromatic carbocycles. The van der Waals surface area contributed by atoms with Gasteiger partial charge in [-0.2, -0.15) is 0 Å². The molecule has 0 aromatic rings. The van der Waals surface area contributed by atoms with Crippen molar-refractivity contribution >= 4 is 28.3 Å². The molecule has 1 nitrogen and oxygen atoms in total. The molecule has 3 heteroatoms. The molecular weight excluding hydrogens is 168 g/mol. The number of halogens is 1. The summed E-state index contributed by atoms with van der Waals surface area (Å²) >= 11 is 9.69. The molecule has 0 spiro atoms. The Labute approximate surface area is 70.6 Å². The Hall–Kier alpha value is -0.600. The molecule has 0 radical (unpaired) electrons. The minimum atomic E-state index is -0.0567. The van der Waals surface area contributed by atoms with E-state index in [1.807, 2.05) is 0 Å². The Balaban J connectivity index is 3.75. The molecule has 0 N–H and O–H groups in total. The second kappa shape index (κ2) is 5.21. The van der Waals surface area contributed by atoms with Crippen molar-refractivity contribution < 1.29 is 4.74 Å². The van der Waals surface area contributed by atoms with Gasteiger partial charge >= 0.3 is 0 Å². The SMILES string of the molecule is C=C/C=C\C(=C)OC(=S)Cl. The monoisotopic (exact) mass is 174 g/mol. The molecule has 0 saturated carbocycles. The Morgan fingerprint density at radius 2 is 2.20 bits per heavy atom. The third kappa shape index (κ3) is 5.54. The molecule has 0 atom stereocenters. The highest BCUT2D eigenvalue weighted by atomic mass is 35.5. The molecule has 10 heavy (non-hydrogen) atoms. The second-order valence-electron chi connectivity index (χ2n) is 1.40. The Morgan fingerprint density at radius 1 is 1.60 bits per heavy atom. The van der Waals surface area contributed by atoms with E-state index in [1.165, 1.54) is 0 Å². The maximum absolute atomic E-state index is 5.24. The normalized spacial score (nSPS) is 9.30. The fourth-order valence-electron chi connectivity index (χ4n) is 0.312. The van der Waals surface area contributed by atoms with E-state index in [2.05, 4.69) is 25.4 Å². The summed E-state index contributed by atoms with van der Waals surface area (Å²) in [6.45, 7) is 6.97. The number of hydrogen-bond donors (Lipinski definition) is 0. The highest BCUT2D eigenvalue weighted by Crippen LogP contribution is 1.99. The topological polar surface area (TPSA) is 9.23 Å². The molecule has 0 aliphatic heterocycles. The summed E-state index contributed by atoms with van der Waals surface area (Å²) in [4.78, 5) is 0. The molecule has 0 heterocycles. The van der Waals surface area contributed by atoms with Crippen molar-refractivity contribution in [1.29, 1.82) is 0 Å². The first-order valence-corrected chi connectivity index (χ1v) is 3.30. The Bertz CT molecular complexity index is 184. The fraction of sp³-hybridized carbons (Fsp3) is 0. The van der Waals surface area contributed by atoms with Gasteiger partial charge < -0.3 is 4.74 Å². The molecule has 0 unspecified atom stereocenters. The van der Waals surface area contributed by atoms with Crippen LogP contribution >= 0.6 is 23.8 Å². The van der Waals surface area contributed by atoms with Crippen LogP contribution in [-0.2, 0) is 4.74 Å². The molecule has 0 saturated heterocycles. The lowest BCUT2D eigenvalue weighted by Gasteiger charge is -1.97. The first-order chi connectivity index (χ1) is 4.66. The van der Waals surface area contributed by atoms with Gasteiger partial charge in [-0.3, -0.25) is 0 Å². The maximum atomic E-state index is 5.24. The Morgan fingerprint density at radius 3 is 2.60 bits per heavy atom. The van der Waals surface area contributed by atoms with Crippen molar-refractivity contribution in [2.45, 2.75) is 0 Å². The van der Waals surface area contributed by atoms with Gasteiger partial charge in [0.15, 0.2) is 0 Å². The molecule has 54 valence electrons. The molecular formula is C7H7ClOS. The van der Waals surface area contributed by atoms with Crippen molar-refractivity contribution in [2.75, 3.05) is 0 Å². The van der Waals surface area contributed by atoms with Gasteiger partial charge in [-0.25, -0.2) is 0 Å². The zero-order chi connectivity index (χ0) is 7.98. The van der Waals surface area contributed by atoms with Crippen LogP contribution in [0.2, 0.25) is 0 Å². The van der Waals surface area contributed by atoms with E-state index < -0.39 is 0 Å². The van der Waals surface area contributed by atoms with Crippen molar-refractivity contribution in [2.24, 2.45) is 0 Å². The summed E-state index contributed by atoms with van der Waals surface area (Å²) < 4.78 is 4.66. The molecule has 0 amide bonds. The number of thiocarbonyl (C=S) groups is 1. The van der Waals surface area contributed by atoms with Crippen LogP contribution in [0.15, 0.2) is 37.1 Å². The van der Waals surface area contributed by atoms with Gasteiger partial charge in [0.1, 0.15) is 5.76 Å². The summed E-state index contributed by atoms with van der Waals surface area (Å²) in [5.74, 6) is 0.403. The van der Waals surface area contributed by atoms with Gasteiger partial charge in [0.05, 0.1) is 0 Å². The summed E-state index contributed by atoms with van der Waals surface area (Å²) in [6.07, 6.45) is 4.89. The molecule has 0 aliphatic rings. The number of ether oxygens (including phenoxy) is 1. The van der Waals surface area contributed by atoms with Crippen molar-refractivity contribution in [3.05, 3.63) is 37.1 Å². The van der Waals surface area contributed by atoms with Crippen LogP contribution in [0, 0.1) is 0 Å². The highest BCUT2D eigenvalue weighted by molar-refractivity contribution is 7.82. The largest absolute Gasteiger partial charge is 0.436 e. The van der Waals surface area contributed by atoms with Crippen LogP contribution in [-0.4, -0.2) is 4.51 Å². The first-order valence-electron chi connectivity index (χ1n) is 2.52. The van der Waals surface area contributed by atoms with E-state index in [-0.39, 0.29) is 4.51 Å². The highest BCUT2D eigenvalue weighted by Gasteiger charge is 1.90. The van der Waals surface area contributed by atoms with Crippen molar-refractivity contribution in [3.63, 3.8) is 0 Å². The van der Waals surface area contributed by atoms with Gasteiger partial charge in [-0.1, -0.05) is 25.3 Å². The molecule has 0 aliphatic carbocycles. The fourth-order valence-corrected chi connectivity index (χ4v) is 0.519. The van der Waals surface area contributed by atoms with E-state index in [0.717, 1.165) is 0 Å². The van der Waals surface area contributed by atoms with Gasteiger partial charge in [0.25, 0.3) is 4.51 Å². The molecule has 0 fully saturated rings. The predicted octanol–water partition coefficient (Wildman–Crippen LogP) is 2.78. The van der Waals surface area contributed by atoms with Crippen molar-refractivity contribution in [3.8, 4) is 0 Å². The summed E-state index contributed by atoms with van der Waals surface area (Å²) in [5, 5.41) is 0. The van der Waals surface area contributed by atoms with E-state index in [1.54, 1.807) is 18.2 Å². The standard InChI is InChI=1S/C7H7ClOS/c1-3-4-5-6(2)9-7(8)10/h3-5H,1-2H2/b5-4-. The summed E-state index contributed by atoms with van der Waals surface area (Å²) in [5.41, 5.74) is 0. The average molecular weight is 175 g/mol. The van der Waals surface area contributed by atoms with Gasteiger partial charge in [0.2, 0.25) is 0 Å². The van der Waals surface area contributed by atoms with Crippen molar-refractivity contribution in [1.82, 2.24) is 0 Å². The van der Waals surface area contributed by atoms with Crippen LogP contribution in [0.25, 0.3) is 0 Å². The average Bonchev–Trinajstić information content (AvgIpc) is 1.82. The van der Waals surface area contributed by atoms with E-state index in [4.69, 9.17) is 16.3 Å². The number of allylic oxidation sites excluding steroid dienone is 3. The quantitative estimate of drug-likeness (QED) is 0.282. The molecule has 0 rings (SSSR count). The van der Waals surface area contributed by atoms with Crippen LogP contribution in [0.3, 0.4) is 0 Å². The smallest absolute Gasteiger partial charge is 0.260 e. The zero-order valence-electron chi connectivity index (χ0n) is 5.34. The van der Waals surface area contributed by atoms with E-state index in [0.29, 0.717) is 5.76 Å². The maximum Gasteiger partial charge on any atom is 0.260 e. The lowest BCUT2D eigenvalue weighted by atomic mass is 10.4. The Kier molecular flexibility index (Phi) is 4.89. The van der Waals surface area contributed by atoms with E-state index in [9.17, 15) is 0 Å².